The third-order valence-corrected chi connectivity index (χ3v) is 13.6. The SMILES string of the molecule is c1ccc(-c2cccc(-c3nc(-c4ccccc4)nc(-c4cccc5oc6cc(-n7c8cc9ccccc9cc8c8cc9ccccc9cc87)c(-c7ccc8ccccc8c7)cc6c45)n3)c2)cc1. The lowest BCUT2D eigenvalue weighted by Crippen LogP contribution is -2.00. The molecule has 0 fully saturated rings. The fraction of sp³-hybridized carbons (Fsp3) is 0. The Kier molecular flexibility index (Phi) is 8.52. The van der Waals surface area contributed by atoms with Gasteiger partial charge in [-0.2, -0.15) is 0 Å². The van der Waals surface area contributed by atoms with E-state index in [1.807, 2.05) is 30.3 Å². The van der Waals surface area contributed by atoms with Gasteiger partial charge in [0.1, 0.15) is 11.2 Å². The highest BCUT2D eigenvalue weighted by Crippen LogP contribution is 2.45. The summed E-state index contributed by atoms with van der Waals surface area (Å²) in [5.74, 6) is 1.78. The van der Waals surface area contributed by atoms with Gasteiger partial charge in [0.15, 0.2) is 17.5 Å². The molecule has 0 saturated heterocycles. The Morgan fingerprint density at radius 3 is 1.50 bits per heavy atom. The molecular weight excluding hydrogens is 829 g/mol. The van der Waals surface area contributed by atoms with Crippen molar-refractivity contribution in [3.63, 3.8) is 0 Å². The zero-order valence-corrected chi connectivity index (χ0v) is 36.6. The third-order valence-electron chi connectivity index (χ3n) is 13.6. The first kappa shape index (κ1) is 38.1. The first-order chi connectivity index (χ1) is 33.7. The predicted octanol–water partition coefficient (Wildman–Crippen LogP) is 16.7. The summed E-state index contributed by atoms with van der Waals surface area (Å²) in [4.78, 5) is 15.7. The quantitative estimate of drug-likeness (QED) is 0.167. The molecule has 5 nitrogen and oxygen atoms in total. The summed E-state index contributed by atoms with van der Waals surface area (Å²) in [5.41, 5.74) is 11.9. The molecule has 0 aliphatic heterocycles. The summed E-state index contributed by atoms with van der Waals surface area (Å²) >= 11 is 0. The molecule has 0 saturated carbocycles. The first-order valence-electron chi connectivity index (χ1n) is 23.0. The second-order valence-corrected chi connectivity index (χ2v) is 17.6. The van der Waals surface area contributed by atoms with Gasteiger partial charge in [0.2, 0.25) is 0 Å². The Balaban J connectivity index is 1.05. The molecule has 0 aliphatic carbocycles. The van der Waals surface area contributed by atoms with Crippen LogP contribution in [0, 0.1) is 0 Å². The number of hydrogen-bond donors (Lipinski definition) is 0. The molecule has 11 aromatic carbocycles. The van der Waals surface area contributed by atoms with Gasteiger partial charge in [0, 0.05) is 49.9 Å². The molecule has 0 N–H and O–H groups in total. The van der Waals surface area contributed by atoms with E-state index in [1.165, 1.54) is 43.1 Å². The smallest absolute Gasteiger partial charge is 0.164 e. The van der Waals surface area contributed by atoms with Crippen molar-refractivity contribution in [2.45, 2.75) is 0 Å². The number of furan rings is 1. The van der Waals surface area contributed by atoms with E-state index in [-0.39, 0.29) is 0 Å². The van der Waals surface area contributed by atoms with Crippen molar-refractivity contribution in [3.05, 3.63) is 231 Å². The molecule has 0 bridgehead atoms. The van der Waals surface area contributed by atoms with E-state index < -0.39 is 0 Å². The van der Waals surface area contributed by atoms with Gasteiger partial charge in [0.25, 0.3) is 0 Å². The molecule has 0 amide bonds. The maximum Gasteiger partial charge on any atom is 0.164 e. The molecule has 5 heteroatoms. The number of nitrogens with zero attached hydrogens (tertiary/aromatic N) is 4. The predicted molar refractivity (Wildman–Crippen MR) is 281 cm³/mol. The topological polar surface area (TPSA) is 56.7 Å². The molecular formula is C63H38N4O. The maximum atomic E-state index is 6.99. The number of fused-ring (bicyclic) bond motifs is 9. The Hall–Kier alpha value is -9.19. The van der Waals surface area contributed by atoms with Crippen LogP contribution in [0.25, 0.3) is 138 Å². The van der Waals surface area contributed by atoms with Crippen LogP contribution in [-0.4, -0.2) is 19.5 Å². The molecule has 316 valence electrons. The highest BCUT2D eigenvalue weighted by atomic mass is 16.3. The van der Waals surface area contributed by atoms with Crippen molar-refractivity contribution >= 4 is 76.1 Å². The molecule has 0 unspecified atom stereocenters. The van der Waals surface area contributed by atoms with Crippen molar-refractivity contribution in [2.75, 3.05) is 0 Å². The van der Waals surface area contributed by atoms with E-state index in [2.05, 4.69) is 205 Å². The molecule has 0 aliphatic rings. The van der Waals surface area contributed by atoms with Gasteiger partial charge >= 0.3 is 0 Å². The van der Waals surface area contributed by atoms with E-state index in [0.29, 0.717) is 17.5 Å². The summed E-state index contributed by atoms with van der Waals surface area (Å²) in [6, 6.07) is 81.8. The fourth-order valence-corrected chi connectivity index (χ4v) is 10.3. The lowest BCUT2D eigenvalue weighted by molar-refractivity contribution is 0.668. The van der Waals surface area contributed by atoms with Crippen LogP contribution in [0.5, 0.6) is 0 Å². The molecule has 0 radical (unpaired) electrons. The number of benzene rings is 11. The normalized spacial score (nSPS) is 11.8. The van der Waals surface area contributed by atoms with E-state index in [1.54, 1.807) is 0 Å². The Morgan fingerprint density at radius 1 is 0.294 bits per heavy atom. The minimum atomic E-state index is 0.574. The van der Waals surface area contributed by atoms with E-state index in [0.717, 1.165) is 77.6 Å². The largest absolute Gasteiger partial charge is 0.456 e. The van der Waals surface area contributed by atoms with Crippen molar-refractivity contribution in [1.82, 2.24) is 19.5 Å². The van der Waals surface area contributed by atoms with Crippen LogP contribution in [-0.2, 0) is 0 Å². The molecule has 14 rings (SSSR count). The third kappa shape index (κ3) is 6.21. The number of hydrogen-bond acceptors (Lipinski definition) is 4. The van der Waals surface area contributed by atoms with Crippen molar-refractivity contribution in [2.24, 2.45) is 0 Å². The summed E-state index contributed by atoms with van der Waals surface area (Å²) in [6.45, 7) is 0. The minimum absolute atomic E-state index is 0.574. The van der Waals surface area contributed by atoms with Gasteiger partial charge in [-0.05, 0) is 97.5 Å². The highest BCUT2D eigenvalue weighted by Gasteiger charge is 2.23. The molecule has 14 aromatic rings. The average Bonchev–Trinajstić information content (AvgIpc) is 3.93. The second kappa shape index (κ2) is 15.2. The Morgan fingerprint density at radius 2 is 0.824 bits per heavy atom. The van der Waals surface area contributed by atoms with E-state index in [9.17, 15) is 0 Å². The van der Waals surface area contributed by atoms with Crippen molar-refractivity contribution < 1.29 is 4.42 Å². The summed E-state index contributed by atoms with van der Waals surface area (Å²) < 4.78 is 9.44. The molecule has 3 heterocycles. The first-order valence-corrected chi connectivity index (χ1v) is 23.0. The highest BCUT2D eigenvalue weighted by molar-refractivity contribution is 6.18. The fourth-order valence-electron chi connectivity index (χ4n) is 10.3. The van der Waals surface area contributed by atoms with Crippen molar-refractivity contribution in [3.8, 4) is 62.1 Å². The summed E-state index contributed by atoms with van der Waals surface area (Å²) in [5, 5.41) is 11.5. The van der Waals surface area contributed by atoms with Gasteiger partial charge in [-0.25, -0.2) is 15.0 Å². The second-order valence-electron chi connectivity index (χ2n) is 17.6. The van der Waals surface area contributed by atoms with Crippen molar-refractivity contribution in [1.29, 1.82) is 0 Å². The van der Waals surface area contributed by atoms with E-state index in [4.69, 9.17) is 19.4 Å². The van der Waals surface area contributed by atoms with Crippen LogP contribution in [0.1, 0.15) is 0 Å². The zero-order chi connectivity index (χ0) is 44.7. The standard InChI is InChI=1S/C63H38N4O/c1-3-15-39(16-4-1)43-25-13-26-49(32-43)62-64-61(41-18-5-2-6-19-41)65-63(66-62)50-27-14-28-58-60(50)54-37-51(48-30-29-40-17-7-8-20-42(40)31-48)57(38-59(54)68-58)67-55-35-46-23-11-9-21-44(46)33-52(55)53-34-45-22-10-12-24-47(45)36-56(53)67/h1-38H. The van der Waals surface area contributed by atoms with Crippen LogP contribution in [0.2, 0.25) is 0 Å². The minimum Gasteiger partial charge on any atom is -0.456 e. The average molecular weight is 867 g/mol. The Bertz CT molecular complexity index is 4230. The molecule has 68 heavy (non-hydrogen) atoms. The van der Waals surface area contributed by atoms with E-state index >= 15 is 0 Å². The van der Waals surface area contributed by atoms with Crippen LogP contribution in [0.4, 0.5) is 0 Å². The lowest BCUT2D eigenvalue weighted by Gasteiger charge is -2.16. The summed E-state index contributed by atoms with van der Waals surface area (Å²) in [6.07, 6.45) is 0. The van der Waals surface area contributed by atoms with Gasteiger partial charge in [-0.1, -0.05) is 176 Å². The monoisotopic (exact) mass is 866 g/mol. The van der Waals surface area contributed by atoms with Crippen LogP contribution in [0.15, 0.2) is 235 Å². The molecule has 0 atom stereocenters. The summed E-state index contributed by atoms with van der Waals surface area (Å²) in [7, 11) is 0. The Labute approximate surface area is 390 Å². The van der Waals surface area contributed by atoms with Gasteiger partial charge in [-0.15, -0.1) is 0 Å². The van der Waals surface area contributed by atoms with Gasteiger partial charge in [-0.3, -0.25) is 0 Å². The zero-order valence-electron chi connectivity index (χ0n) is 36.6. The van der Waals surface area contributed by atoms with Crippen LogP contribution >= 0.6 is 0 Å². The van der Waals surface area contributed by atoms with Gasteiger partial charge < -0.3 is 8.98 Å². The number of rotatable bonds is 6. The van der Waals surface area contributed by atoms with Gasteiger partial charge in [0.05, 0.1) is 16.7 Å². The number of aromatic nitrogens is 4. The van der Waals surface area contributed by atoms with Crippen LogP contribution < -0.4 is 0 Å². The maximum absolute atomic E-state index is 6.99. The van der Waals surface area contributed by atoms with Crippen LogP contribution in [0.3, 0.4) is 0 Å². The molecule has 0 spiro atoms. The molecule has 3 aromatic heterocycles. The lowest BCUT2D eigenvalue weighted by atomic mass is 9.96.